The lowest BCUT2D eigenvalue weighted by molar-refractivity contribution is 0.414. The number of nitrogens with zero attached hydrogens (tertiary/aromatic N) is 2. The zero-order valence-corrected chi connectivity index (χ0v) is 19.4. The van der Waals surface area contributed by atoms with Gasteiger partial charge in [0.25, 0.3) is 0 Å². The first kappa shape index (κ1) is 24.2. The van der Waals surface area contributed by atoms with E-state index in [0.717, 1.165) is 11.3 Å². The number of guanidine groups is 1. The molecule has 0 saturated heterocycles. The fourth-order valence-corrected chi connectivity index (χ4v) is 3.56. The predicted molar refractivity (Wildman–Crippen MR) is 123 cm³/mol. The van der Waals surface area contributed by atoms with Crippen LogP contribution in [-0.4, -0.2) is 53.6 Å². The maximum Gasteiger partial charge on any atom is 0.240 e. The van der Waals surface area contributed by atoms with Gasteiger partial charge in [0.05, 0.1) is 12.0 Å². The summed E-state index contributed by atoms with van der Waals surface area (Å²) in [5.74, 6) is 1.50. The largest absolute Gasteiger partial charge is 0.497 e. The minimum absolute atomic E-state index is 0. The van der Waals surface area contributed by atoms with E-state index >= 15 is 0 Å². The molecule has 0 aromatic heterocycles. The van der Waals surface area contributed by atoms with Gasteiger partial charge < -0.3 is 15.0 Å². The summed E-state index contributed by atoms with van der Waals surface area (Å²) < 4.78 is 32.1. The summed E-state index contributed by atoms with van der Waals surface area (Å²) in [7, 11) is 1.76. The Morgan fingerprint density at radius 2 is 1.71 bits per heavy atom. The molecular weight excluding hydrogens is 491 g/mol. The second-order valence-electron chi connectivity index (χ2n) is 5.89. The number of aliphatic imine (C=N–C) groups is 1. The second-order valence-corrected chi connectivity index (χ2v) is 7.66. The van der Waals surface area contributed by atoms with E-state index in [-0.39, 0.29) is 35.4 Å². The van der Waals surface area contributed by atoms with Crippen LogP contribution in [0.4, 0.5) is 0 Å². The number of hydrogen-bond acceptors (Lipinski definition) is 4. The molecule has 0 aliphatic heterocycles. The summed E-state index contributed by atoms with van der Waals surface area (Å²) in [6, 6.07) is 16.1. The van der Waals surface area contributed by atoms with Crippen LogP contribution in [-0.2, 0) is 16.6 Å². The number of nitrogens with one attached hydrogen (secondary N) is 2. The van der Waals surface area contributed by atoms with Crippen LogP contribution in [0.3, 0.4) is 0 Å². The van der Waals surface area contributed by atoms with Gasteiger partial charge >= 0.3 is 0 Å². The molecule has 9 heteroatoms. The lowest BCUT2D eigenvalue weighted by atomic mass is 10.2. The van der Waals surface area contributed by atoms with Crippen LogP contribution in [0.1, 0.15) is 5.56 Å². The van der Waals surface area contributed by atoms with E-state index in [4.69, 9.17) is 4.74 Å². The van der Waals surface area contributed by atoms with Crippen LogP contribution in [0, 0.1) is 0 Å². The highest BCUT2D eigenvalue weighted by Gasteiger charge is 2.12. The van der Waals surface area contributed by atoms with E-state index < -0.39 is 10.0 Å². The Morgan fingerprint density at radius 1 is 1.07 bits per heavy atom. The second kappa shape index (κ2) is 11.9. The molecule has 0 heterocycles. The third kappa shape index (κ3) is 7.28. The standard InChI is InChI=1S/C19H26N4O3S.HI/c1-20-19(23(2)15-16-9-11-17(26-3)12-10-16)21-13-14-22-27(24,25)18-7-5-4-6-8-18;/h4-12,22H,13-15H2,1-3H3,(H,20,21);1H. The Balaban J connectivity index is 0.00000392. The Hall–Kier alpha value is -1.85. The zero-order valence-electron chi connectivity index (χ0n) is 16.3. The highest BCUT2D eigenvalue weighted by Crippen LogP contribution is 2.12. The first-order chi connectivity index (χ1) is 13.0. The van der Waals surface area contributed by atoms with Crippen LogP contribution in [0.15, 0.2) is 64.5 Å². The smallest absolute Gasteiger partial charge is 0.240 e. The van der Waals surface area contributed by atoms with Crippen molar-refractivity contribution in [3.05, 3.63) is 60.2 Å². The van der Waals surface area contributed by atoms with Gasteiger partial charge in [-0.05, 0) is 29.8 Å². The third-order valence-electron chi connectivity index (χ3n) is 3.91. The van der Waals surface area contributed by atoms with Gasteiger partial charge in [-0.3, -0.25) is 4.99 Å². The molecule has 0 aliphatic rings. The molecule has 2 aromatic rings. The highest BCUT2D eigenvalue weighted by atomic mass is 127. The molecule has 7 nitrogen and oxygen atoms in total. The molecule has 154 valence electrons. The van der Waals surface area contributed by atoms with Crippen molar-refractivity contribution in [2.45, 2.75) is 11.4 Å². The van der Waals surface area contributed by atoms with Gasteiger partial charge in [-0.15, -0.1) is 24.0 Å². The first-order valence-corrected chi connectivity index (χ1v) is 10.0. The number of hydrogen-bond donors (Lipinski definition) is 2. The summed E-state index contributed by atoms with van der Waals surface area (Å²) >= 11 is 0. The van der Waals surface area contributed by atoms with Crippen LogP contribution < -0.4 is 14.8 Å². The predicted octanol–water partition coefficient (Wildman–Crippen LogP) is 2.30. The topological polar surface area (TPSA) is 83.0 Å². The number of benzene rings is 2. The van der Waals surface area contributed by atoms with Gasteiger partial charge in [0, 0.05) is 33.7 Å². The molecule has 0 fully saturated rings. The minimum Gasteiger partial charge on any atom is -0.497 e. The van der Waals surface area contributed by atoms with Crippen molar-refractivity contribution in [1.82, 2.24) is 14.9 Å². The lowest BCUT2D eigenvalue weighted by Gasteiger charge is -2.22. The first-order valence-electron chi connectivity index (χ1n) is 8.55. The number of ether oxygens (including phenoxy) is 1. The average molecular weight is 518 g/mol. The van der Waals surface area contributed by atoms with E-state index in [1.807, 2.05) is 36.2 Å². The minimum atomic E-state index is -3.50. The summed E-state index contributed by atoms with van der Waals surface area (Å²) in [5.41, 5.74) is 1.12. The fourth-order valence-electron chi connectivity index (χ4n) is 2.51. The summed E-state index contributed by atoms with van der Waals surface area (Å²) in [4.78, 5) is 6.46. The van der Waals surface area contributed by atoms with Crippen molar-refractivity contribution in [1.29, 1.82) is 0 Å². The number of methoxy groups -OCH3 is 1. The number of rotatable bonds is 8. The van der Waals surface area contributed by atoms with E-state index in [1.165, 1.54) is 0 Å². The van der Waals surface area contributed by atoms with Crippen LogP contribution in [0.5, 0.6) is 5.75 Å². The molecule has 0 radical (unpaired) electrons. The molecule has 2 rings (SSSR count). The Morgan fingerprint density at radius 3 is 2.29 bits per heavy atom. The van der Waals surface area contributed by atoms with Crippen molar-refractivity contribution in [2.75, 3.05) is 34.3 Å². The van der Waals surface area contributed by atoms with Gasteiger partial charge in [0.15, 0.2) is 5.96 Å². The monoisotopic (exact) mass is 518 g/mol. The molecule has 0 amide bonds. The summed E-state index contributed by atoms with van der Waals surface area (Å²) in [6.07, 6.45) is 0. The van der Waals surface area contributed by atoms with Crippen LogP contribution >= 0.6 is 24.0 Å². The summed E-state index contributed by atoms with van der Waals surface area (Å²) in [6.45, 7) is 1.34. The molecule has 0 unspecified atom stereocenters. The molecule has 2 aromatic carbocycles. The molecule has 0 bridgehead atoms. The Bertz CT molecular complexity index is 843. The normalized spacial score (nSPS) is 11.5. The molecule has 0 atom stereocenters. The van der Waals surface area contributed by atoms with Gasteiger partial charge in [0.1, 0.15) is 5.75 Å². The van der Waals surface area contributed by atoms with Crippen LogP contribution in [0.25, 0.3) is 0 Å². The molecule has 28 heavy (non-hydrogen) atoms. The van der Waals surface area contributed by atoms with Gasteiger partial charge in [0.2, 0.25) is 10.0 Å². The van der Waals surface area contributed by atoms with Crippen molar-refractivity contribution >= 4 is 40.0 Å². The maximum atomic E-state index is 12.2. The summed E-state index contributed by atoms with van der Waals surface area (Å²) in [5, 5.41) is 3.16. The van der Waals surface area contributed by atoms with Crippen molar-refractivity contribution in [3.63, 3.8) is 0 Å². The van der Waals surface area contributed by atoms with Gasteiger partial charge in [-0.1, -0.05) is 30.3 Å². The van der Waals surface area contributed by atoms with E-state index in [0.29, 0.717) is 19.0 Å². The van der Waals surface area contributed by atoms with Gasteiger partial charge in [-0.25, -0.2) is 13.1 Å². The fraction of sp³-hybridized carbons (Fsp3) is 0.316. The van der Waals surface area contributed by atoms with Crippen LogP contribution in [0.2, 0.25) is 0 Å². The van der Waals surface area contributed by atoms with E-state index in [1.54, 1.807) is 44.5 Å². The average Bonchev–Trinajstić information content (AvgIpc) is 2.69. The number of sulfonamides is 1. The lowest BCUT2D eigenvalue weighted by Crippen LogP contribution is -2.42. The SMILES string of the molecule is CN=C(NCCNS(=O)(=O)c1ccccc1)N(C)Cc1ccc(OC)cc1.I. The Labute approximate surface area is 184 Å². The third-order valence-corrected chi connectivity index (χ3v) is 5.38. The molecule has 2 N–H and O–H groups in total. The molecular formula is C19H27IN4O3S. The zero-order chi connectivity index (χ0) is 19.7. The maximum absolute atomic E-state index is 12.2. The van der Waals surface area contributed by atoms with E-state index in [9.17, 15) is 8.42 Å². The quantitative estimate of drug-likeness (QED) is 0.243. The van der Waals surface area contributed by atoms with Crippen molar-refractivity contribution in [2.24, 2.45) is 4.99 Å². The van der Waals surface area contributed by atoms with Gasteiger partial charge in [-0.2, -0.15) is 0 Å². The Kier molecular flexibility index (Phi) is 10.3. The molecule has 0 spiro atoms. The number of halogens is 1. The highest BCUT2D eigenvalue weighted by molar-refractivity contribution is 14.0. The van der Waals surface area contributed by atoms with E-state index in [2.05, 4.69) is 15.0 Å². The molecule has 0 aliphatic carbocycles. The van der Waals surface area contributed by atoms with Crippen molar-refractivity contribution in [3.8, 4) is 5.75 Å². The molecule has 0 saturated carbocycles. The van der Waals surface area contributed by atoms with Crippen molar-refractivity contribution < 1.29 is 13.2 Å².